The molecule has 1 N–H and O–H groups in total. The number of likely N-dealkylation sites (N-methyl/N-ethyl adjacent to an activating group) is 1. The van der Waals surface area contributed by atoms with E-state index in [0.717, 1.165) is 30.6 Å². The summed E-state index contributed by atoms with van der Waals surface area (Å²) in [6, 6.07) is 7.53. The number of carbonyl (C=O) groups excluding carboxylic acids is 2. The van der Waals surface area contributed by atoms with Gasteiger partial charge in [0, 0.05) is 19.8 Å². The number of anilines is 1. The first-order chi connectivity index (χ1) is 9.99. The molecule has 0 spiro atoms. The minimum Gasteiger partial charge on any atom is -0.347 e. The fourth-order valence-electron chi connectivity index (χ4n) is 2.68. The number of likely N-dealkylation sites (tertiary alicyclic amines) is 1. The molecule has 0 bridgehead atoms. The highest BCUT2D eigenvalue weighted by molar-refractivity contribution is 5.93. The van der Waals surface area contributed by atoms with Gasteiger partial charge in [0.05, 0.1) is 12.6 Å². The van der Waals surface area contributed by atoms with Crippen molar-refractivity contribution in [2.45, 2.75) is 25.8 Å². The van der Waals surface area contributed by atoms with E-state index >= 15 is 0 Å². The Balaban J connectivity index is 1.96. The summed E-state index contributed by atoms with van der Waals surface area (Å²) in [4.78, 5) is 27.9. The zero-order chi connectivity index (χ0) is 15.4. The lowest BCUT2D eigenvalue weighted by Crippen LogP contribution is -2.45. The molecule has 2 amide bonds. The number of aryl methyl sites for hydroxylation is 1. The number of benzene rings is 1. The third kappa shape index (κ3) is 3.82. The number of hydrogen-bond acceptors (Lipinski definition) is 3. The van der Waals surface area contributed by atoms with Crippen LogP contribution in [-0.2, 0) is 9.59 Å². The number of hydrogen-bond donors (Lipinski definition) is 1. The van der Waals surface area contributed by atoms with E-state index in [2.05, 4.69) is 5.32 Å². The highest BCUT2D eigenvalue weighted by Gasteiger charge is 2.32. The molecular formula is C16H23N3O2. The predicted octanol–water partition coefficient (Wildman–Crippen LogP) is 1.49. The van der Waals surface area contributed by atoms with Crippen molar-refractivity contribution in [3.63, 3.8) is 0 Å². The van der Waals surface area contributed by atoms with Gasteiger partial charge in [-0.3, -0.25) is 14.5 Å². The van der Waals surface area contributed by atoms with Crippen LogP contribution in [-0.4, -0.2) is 54.8 Å². The molecule has 1 aromatic rings. The van der Waals surface area contributed by atoms with Crippen molar-refractivity contribution in [3.05, 3.63) is 29.8 Å². The van der Waals surface area contributed by atoms with Crippen molar-refractivity contribution in [1.29, 1.82) is 0 Å². The standard InChI is InChI=1S/C16H23N3O2/c1-12-7-4-5-8-13(12)17-15(20)11-19-10-6-9-14(19)16(21)18(2)3/h4-5,7-8,14H,6,9-11H2,1-3H3,(H,17,20). The van der Waals surface area contributed by atoms with E-state index in [1.807, 2.05) is 36.1 Å². The molecule has 2 rings (SSSR count). The van der Waals surface area contributed by atoms with Crippen LogP contribution < -0.4 is 5.32 Å². The molecule has 1 saturated heterocycles. The van der Waals surface area contributed by atoms with Crippen molar-refractivity contribution < 1.29 is 9.59 Å². The van der Waals surface area contributed by atoms with Gasteiger partial charge in [-0.15, -0.1) is 0 Å². The molecule has 1 aromatic carbocycles. The van der Waals surface area contributed by atoms with E-state index in [-0.39, 0.29) is 24.4 Å². The second-order valence-electron chi connectivity index (χ2n) is 5.72. The van der Waals surface area contributed by atoms with Crippen molar-refractivity contribution in [2.24, 2.45) is 0 Å². The van der Waals surface area contributed by atoms with Crippen LogP contribution in [0.25, 0.3) is 0 Å². The van der Waals surface area contributed by atoms with Gasteiger partial charge < -0.3 is 10.2 Å². The van der Waals surface area contributed by atoms with Gasteiger partial charge in [0.25, 0.3) is 0 Å². The topological polar surface area (TPSA) is 52.7 Å². The second-order valence-corrected chi connectivity index (χ2v) is 5.72. The van der Waals surface area contributed by atoms with Gasteiger partial charge in [-0.2, -0.15) is 0 Å². The van der Waals surface area contributed by atoms with E-state index in [4.69, 9.17) is 0 Å². The summed E-state index contributed by atoms with van der Waals surface area (Å²) < 4.78 is 0. The quantitative estimate of drug-likeness (QED) is 0.913. The second kappa shape index (κ2) is 6.72. The van der Waals surface area contributed by atoms with Gasteiger partial charge in [0.15, 0.2) is 0 Å². The van der Waals surface area contributed by atoms with Crippen molar-refractivity contribution in [3.8, 4) is 0 Å². The molecule has 1 unspecified atom stereocenters. The van der Waals surface area contributed by atoms with Crippen LogP contribution >= 0.6 is 0 Å². The van der Waals surface area contributed by atoms with Gasteiger partial charge in [-0.05, 0) is 37.9 Å². The van der Waals surface area contributed by atoms with Crippen molar-refractivity contribution in [1.82, 2.24) is 9.80 Å². The number of nitrogens with zero attached hydrogens (tertiary/aromatic N) is 2. The number of rotatable bonds is 4. The zero-order valence-corrected chi connectivity index (χ0v) is 12.9. The average Bonchev–Trinajstić information content (AvgIpc) is 2.88. The SMILES string of the molecule is Cc1ccccc1NC(=O)CN1CCCC1C(=O)N(C)C. The molecule has 5 heteroatoms. The molecule has 1 aliphatic heterocycles. The number of amides is 2. The zero-order valence-electron chi connectivity index (χ0n) is 12.9. The first kappa shape index (κ1) is 15.5. The molecule has 0 saturated carbocycles. The van der Waals surface area contributed by atoms with Crippen LogP contribution in [0.1, 0.15) is 18.4 Å². The normalized spacial score (nSPS) is 18.5. The van der Waals surface area contributed by atoms with E-state index in [9.17, 15) is 9.59 Å². The van der Waals surface area contributed by atoms with E-state index in [0.29, 0.717) is 0 Å². The summed E-state index contributed by atoms with van der Waals surface area (Å²) in [5, 5.41) is 2.92. The van der Waals surface area contributed by atoms with Crippen LogP contribution in [0.15, 0.2) is 24.3 Å². The summed E-state index contributed by atoms with van der Waals surface area (Å²) in [5.74, 6) is 0.0129. The Morgan fingerprint density at radius 2 is 2.05 bits per heavy atom. The van der Waals surface area contributed by atoms with Gasteiger partial charge >= 0.3 is 0 Å². The molecule has 1 aliphatic rings. The van der Waals surface area contributed by atoms with Gasteiger partial charge in [0.1, 0.15) is 0 Å². The van der Waals surface area contributed by atoms with Gasteiger partial charge in [-0.1, -0.05) is 18.2 Å². The van der Waals surface area contributed by atoms with Crippen LogP contribution in [0.4, 0.5) is 5.69 Å². The number of para-hydroxylation sites is 1. The van der Waals surface area contributed by atoms with Crippen molar-refractivity contribution in [2.75, 3.05) is 32.5 Å². The van der Waals surface area contributed by atoms with Crippen LogP contribution in [0.5, 0.6) is 0 Å². The fraction of sp³-hybridized carbons (Fsp3) is 0.500. The summed E-state index contributed by atoms with van der Waals surface area (Å²) in [6.07, 6.45) is 1.79. The Hall–Kier alpha value is -1.88. The first-order valence-electron chi connectivity index (χ1n) is 7.29. The van der Waals surface area contributed by atoms with E-state index in [1.54, 1.807) is 19.0 Å². The average molecular weight is 289 g/mol. The third-order valence-electron chi connectivity index (χ3n) is 3.86. The molecular weight excluding hydrogens is 266 g/mol. The minimum absolute atomic E-state index is 0.0669. The molecule has 5 nitrogen and oxygen atoms in total. The Labute approximate surface area is 125 Å². The Kier molecular flexibility index (Phi) is 4.96. The smallest absolute Gasteiger partial charge is 0.239 e. The third-order valence-corrected chi connectivity index (χ3v) is 3.86. The molecule has 114 valence electrons. The highest BCUT2D eigenvalue weighted by atomic mass is 16.2. The highest BCUT2D eigenvalue weighted by Crippen LogP contribution is 2.19. The number of carbonyl (C=O) groups is 2. The maximum Gasteiger partial charge on any atom is 0.239 e. The summed E-state index contributed by atoms with van der Waals surface area (Å²) in [6.45, 7) is 3.02. The van der Waals surface area contributed by atoms with Crippen LogP contribution in [0.3, 0.4) is 0 Å². The molecule has 1 atom stereocenters. The lowest BCUT2D eigenvalue weighted by molar-refractivity contribution is -0.133. The largest absolute Gasteiger partial charge is 0.347 e. The molecule has 1 heterocycles. The summed E-state index contributed by atoms with van der Waals surface area (Å²) in [7, 11) is 3.51. The Morgan fingerprint density at radius 1 is 1.33 bits per heavy atom. The van der Waals surface area contributed by atoms with Crippen molar-refractivity contribution >= 4 is 17.5 Å². The lowest BCUT2D eigenvalue weighted by Gasteiger charge is -2.25. The summed E-state index contributed by atoms with van der Waals surface area (Å²) >= 11 is 0. The molecule has 0 radical (unpaired) electrons. The monoisotopic (exact) mass is 289 g/mol. The molecule has 1 fully saturated rings. The maximum atomic E-state index is 12.2. The van der Waals surface area contributed by atoms with Gasteiger partial charge in [-0.25, -0.2) is 0 Å². The molecule has 21 heavy (non-hydrogen) atoms. The van der Waals surface area contributed by atoms with Crippen LogP contribution in [0.2, 0.25) is 0 Å². The molecule has 0 aliphatic carbocycles. The summed E-state index contributed by atoms with van der Waals surface area (Å²) in [5.41, 5.74) is 1.87. The Morgan fingerprint density at radius 3 is 2.71 bits per heavy atom. The molecule has 0 aromatic heterocycles. The first-order valence-corrected chi connectivity index (χ1v) is 7.29. The van der Waals surface area contributed by atoms with E-state index < -0.39 is 0 Å². The fourth-order valence-corrected chi connectivity index (χ4v) is 2.68. The lowest BCUT2D eigenvalue weighted by atomic mass is 10.2. The predicted molar refractivity (Wildman–Crippen MR) is 83.1 cm³/mol. The number of nitrogens with one attached hydrogen (secondary N) is 1. The van der Waals surface area contributed by atoms with Crippen LogP contribution in [0, 0.1) is 6.92 Å². The maximum absolute atomic E-state index is 12.2. The minimum atomic E-state index is -0.164. The van der Waals surface area contributed by atoms with Gasteiger partial charge in [0.2, 0.25) is 11.8 Å². The van der Waals surface area contributed by atoms with E-state index in [1.165, 1.54) is 0 Å². The Bertz CT molecular complexity index is 528.